The van der Waals surface area contributed by atoms with Crippen LogP contribution < -0.4 is 4.74 Å². The molecule has 23 heavy (non-hydrogen) atoms. The Hall–Kier alpha value is -1.92. The van der Waals surface area contributed by atoms with Gasteiger partial charge in [0.25, 0.3) is 0 Å². The van der Waals surface area contributed by atoms with E-state index >= 15 is 0 Å². The highest BCUT2D eigenvalue weighted by molar-refractivity contribution is 5.12. The molecule has 0 amide bonds. The molecule has 2 aromatic rings. The molecule has 2 aliphatic rings. The minimum absolute atomic E-state index is 0.0308. The van der Waals surface area contributed by atoms with Gasteiger partial charge in [0.1, 0.15) is 0 Å². The van der Waals surface area contributed by atoms with Gasteiger partial charge in [-0.05, 0) is 12.5 Å². The van der Waals surface area contributed by atoms with E-state index in [4.69, 9.17) is 9.47 Å². The molecule has 2 saturated heterocycles. The Kier molecular flexibility index (Phi) is 3.79. The molecule has 0 N–H and O–H groups in total. The van der Waals surface area contributed by atoms with E-state index in [0.717, 1.165) is 32.7 Å². The van der Waals surface area contributed by atoms with Gasteiger partial charge in [0.2, 0.25) is 5.88 Å². The van der Waals surface area contributed by atoms with E-state index in [1.54, 1.807) is 6.20 Å². The number of aromatic nitrogens is 3. The number of nitrogens with zero attached hydrogens (tertiary/aromatic N) is 4. The molecule has 0 aromatic carbocycles. The number of rotatable bonds is 5. The lowest BCUT2D eigenvalue weighted by molar-refractivity contribution is -0.140. The topological polar surface area (TPSA) is 52.4 Å². The summed E-state index contributed by atoms with van der Waals surface area (Å²) in [7, 11) is 1.95. The zero-order valence-corrected chi connectivity index (χ0v) is 13.4. The van der Waals surface area contributed by atoms with E-state index in [9.17, 15) is 0 Å². The van der Waals surface area contributed by atoms with Crippen molar-refractivity contribution in [2.75, 3.05) is 26.3 Å². The molecule has 0 saturated carbocycles. The minimum atomic E-state index is -0.0308. The largest absolute Gasteiger partial charge is 0.477 e. The summed E-state index contributed by atoms with van der Waals surface area (Å²) in [6.07, 6.45) is 6.83. The van der Waals surface area contributed by atoms with Crippen LogP contribution in [0.1, 0.15) is 12.0 Å². The SMILES string of the molecule is Cn1cc(CN2CC3(C2)OCC[C@@H]3COc2ccccn2)cn1. The first kappa shape index (κ1) is 14.7. The Labute approximate surface area is 136 Å². The molecule has 2 aromatic heterocycles. The Morgan fingerprint density at radius 2 is 2.30 bits per heavy atom. The van der Waals surface area contributed by atoms with E-state index in [1.165, 1.54) is 5.56 Å². The normalized spacial score (nSPS) is 23.1. The number of ether oxygens (including phenoxy) is 2. The van der Waals surface area contributed by atoms with Gasteiger partial charge < -0.3 is 9.47 Å². The lowest BCUT2D eigenvalue weighted by Gasteiger charge is -2.50. The Bertz CT molecular complexity index is 652. The predicted octanol–water partition coefficient (Wildman–Crippen LogP) is 1.48. The molecular weight excluding hydrogens is 292 g/mol. The minimum Gasteiger partial charge on any atom is -0.477 e. The van der Waals surface area contributed by atoms with Gasteiger partial charge in [0.15, 0.2) is 0 Å². The van der Waals surface area contributed by atoms with Crippen LogP contribution in [0.15, 0.2) is 36.8 Å². The molecule has 4 heterocycles. The summed E-state index contributed by atoms with van der Waals surface area (Å²) in [5.74, 6) is 1.13. The molecule has 0 aliphatic carbocycles. The summed E-state index contributed by atoms with van der Waals surface area (Å²) in [6.45, 7) is 4.39. The van der Waals surface area contributed by atoms with Crippen LogP contribution in [-0.2, 0) is 18.3 Å². The number of pyridine rings is 1. The molecule has 2 aliphatic heterocycles. The highest BCUT2D eigenvalue weighted by Crippen LogP contribution is 2.40. The number of aryl methyl sites for hydroxylation is 1. The molecule has 1 atom stereocenters. The first-order valence-corrected chi connectivity index (χ1v) is 8.11. The second-order valence-corrected chi connectivity index (χ2v) is 6.55. The fraction of sp³-hybridized carbons (Fsp3) is 0.529. The van der Waals surface area contributed by atoms with Crippen molar-refractivity contribution in [1.29, 1.82) is 0 Å². The average molecular weight is 314 g/mol. The fourth-order valence-corrected chi connectivity index (χ4v) is 3.62. The van der Waals surface area contributed by atoms with Crippen molar-refractivity contribution in [2.45, 2.75) is 18.6 Å². The summed E-state index contributed by atoms with van der Waals surface area (Å²) in [4.78, 5) is 6.63. The third kappa shape index (κ3) is 2.96. The van der Waals surface area contributed by atoms with E-state index in [0.29, 0.717) is 18.4 Å². The van der Waals surface area contributed by atoms with Gasteiger partial charge in [-0.15, -0.1) is 0 Å². The van der Waals surface area contributed by atoms with Crippen molar-refractivity contribution in [2.24, 2.45) is 13.0 Å². The van der Waals surface area contributed by atoms with Crippen LogP contribution in [-0.4, -0.2) is 51.6 Å². The van der Waals surface area contributed by atoms with E-state index in [-0.39, 0.29) is 5.60 Å². The molecule has 2 fully saturated rings. The highest BCUT2D eigenvalue weighted by atomic mass is 16.5. The molecule has 4 rings (SSSR count). The van der Waals surface area contributed by atoms with Crippen LogP contribution in [0.3, 0.4) is 0 Å². The second kappa shape index (κ2) is 5.94. The number of likely N-dealkylation sites (tertiary alicyclic amines) is 1. The lowest BCUT2D eigenvalue weighted by atomic mass is 9.81. The van der Waals surface area contributed by atoms with Crippen molar-refractivity contribution in [3.8, 4) is 5.88 Å². The zero-order valence-electron chi connectivity index (χ0n) is 13.4. The van der Waals surface area contributed by atoms with Crippen LogP contribution in [0.5, 0.6) is 5.88 Å². The molecule has 6 heteroatoms. The maximum Gasteiger partial charge on any atom is 0.213 e. The van der Waals surface area contributed by atoms with Gasteiger partial charge >= 0.3 is 0 Å². The number of hydrogen-bond acceptors (Lipinski definition) is 5. The summed E-state index contributed by atoms with van der Waals surface area (Å²) in [6, 6.07) is 5.75. The van der Waals surface area contributed by atoms with E-state index in [1.807, 2.05) is 36.1 Å². The van der Waals surface area contributed by atoms with E-state index in [2.05, 4.69) is 21.2 Å². The quantitative estimate of drug-likeness (QED) is 0.837. The van der Waals surface area contributed by atoms with Crippen LogP contribution >= 0.6 is 0 Å². The summed E-state index contributed by atoms with van der Waals surface area (Å²) in [5.41, 5.74) is 1.22. The van der Waals surface area contributed by atoms with Crippen molar-refractivity contribution in [3.63, 3.8) is 0 Å². The molecule has 1 spiro atoms. The van der Waals surface area contributed by atoms with Crippen molar-refractivity contribution >= 4 is 0 Å². The van der Waals surface area contributed by atoms with Crippen LogP contribution in [0.2, 0.25) is 0 Å². The second-order valence-electron chi connectivity index (χ2n) is 6.55. The van der Waals surface area contributed by atoms with Crippen molar-refractivity contribution < 1.29 is 9.47 Å². The standard InChI is InChI=1S/C17H22N4O2/c1-20-9-14(8-19-20)10-21-12-17(13-21)15(5-7-23-17)11-22-16-4-2-3-6-18-16/h2-4,6,8-9,15H,5,7,10-13H2,1H3/t15-/m1/s1. The monoisotopic (exact) mass is 314 g/mol. The molecule has 0 unspecified atom stereocenters. The molecule has 122 valence electrons. The highest BCUT2D eigenvalue weighted by Gasteiger charge is 2.53. The molecule has 0 radical (unpaired) electrons. The van der Waals surface area contributed by atoms with E-state index < -0.39 is 0 Å². The summed E-state index contributed by atoms with van der Waals surface area (Å²) < 4.78 is 13.8. The number of hydrogen-bond donors (Lipinski definition) is 0. The molecule has 0 bridgehead atoms. The van der Waals surface area contributed by atoms with Crippen LogP contribution in [0.4, 0.5) is 0 Å². The molecular formula is C17H22N4O2. The fourth-order valence-electron chi connectivity index (χ4n) is 3.62. The Morgan fingerprint density at radius 3 is 3.04 bits per heavy atom. The van der Waals surface area contributed by atoms with Gasteiger partial charge in [-0.2, -0.15) is 5.10 Å². The first-order valence-electron chi connectivity index (χ1n) is 8.11. The molecule has 6 nitrogen and oxygen atoms in total. The van der Waals surface area contributed by atoms with Crippen LogP contribution in [0, 0.1) is 5.92 Å². The summed E-state index contributed by atoms with van der Waals surface area (Å²) in [5, 5.41) is 4.23. The third-order valence-electron chi connectivity index (χ3n) is 4.82. The van der Waals surface area contributed by atoms with Crippen molar-refractivity contribution in [3.05, 3.63) is 42.4 Å². The Balaban J connectivity index is 1.32. The van der Waals surface area contributed by atoms with Gasteiger partial charge in [-0.3, -0.25) is 9.58 Å². The van der Waals surface area contributed by atoms with Gasteiger partial charge in [0.05, 0.1) is 18.4 Å². The summed E-state index contributed by atoms with van der Waals surface area (Å²) >= 11 is 0. The zero-order chi connectivity index (χ0) is 15.7. The predicted molar refractivity (Wildman–Crippen MR) is 85.0 cm³/mol. The van der Waals surface area contributed by atoms with Gasteiger partial charge in [-0.25, -0.2) is 4.98 Å². The average Bonchev–Trinajstić information content (AvgIpc) is 3.12. The first-order chi connectivity index (χ1) is 11.2. The van der Waals surface area contributed by atoms with Gasteiger partial charge in [-0.1, -0.05) is 6.07 Å². The van der Waals surface area contributed by atoms with Crippen molar-refractivity contribution in [1.82, 2.24) is 19.7 Å². The maximum atomic E-state index is 6.09. The van der Waals surface area contributed by atoms with Gasteiger partial charge in [0, 0.05) is 63.2 Å². The lowest BCUT2D eigenvalue weighted by Crippen LogP contribution is -2.64. The third-order valence-corrected chi connectivity index (χ3v) is 4.82. The van der Waals surface area contributed by atoms with Crippen LogP contribution in [0.25, 0.3) is 0 Å². The smallest absolute Gasteiger partial charge is 0.213 e. The maximum absolute atomic E-state index is 6.09. The Morgan fingerprint density at radius 1 is 1.39 bits per heavy atom.